The third-order valence-corrected chi connectivity index (χ3v) is 3.49. The number of anilines is 1. The maximum atomic E-state index is 11.4. The van der Waals surface area contributed by atoms with Gasteiger partial charge in [-0.2, -0.15) is 13.1 Å². The highest BCUT2D eigenvalue weighted by Gasteiger charge is 2.23. The monoisotopic (exact) mass is 285 g/mol. The van der Waals surface area contributed by atoms with Gasteiger partial charge in [0.2, 0.25) is 0 Å². The zero-order chi connectivity index (χ0) is 14.0. The van der Waals surface area contributed by atoms with Crippen molar-refractivity contribution in [3.05, 3.63) is 29.8 Å². The van der Waals surface area contributed by atoms with Crippen LogP contribution in [0.3, 0.4) is 0 Å². The number of hydrogen-bond donors (Lipinski definition) is 2. The molecule has 19 heavy (non-hydrogen) atoms. The van der Waals surface area contributed by atoms with Crippen LogP contribution in [0.4, 0.5) is 10.5 Å². The summed E-state index contributed by atoms with van der Waals surface area (Å²) in [5.41, 5.74) is 1.47. The molecule has 0 radical (unpaired) electrons. The number of ether oxygens (including phenoxy) is 1. The molecule has 1 aromatic carbocycles. The summed E-state index contributed by atoms with van der Waals surface area (Å²) in [6.07, 6.45) is -0.372. The summed E-state index contributed by atoms with van der Waals surface area (Å²) in [6, 6.07) is 6.52. The second kappa shape index (κ2) is 5.16. The minimum atomic E-state index is -3.74. The predicted molar refractivity (Wildman–Crippen MR) is 69.8 cm³/mol. The van der Waals surface area contributed by atoms with E-state index in [0.29, 0.717) is 18.8 Å². The zero-order valence-electron chi connectivity index (χ0n) is 10.4. The van der Waals surface area contributed by atoms with Gasteiger partial charge in [0.1, 0.15) is 6.61 Å². The first-order valence-corrected chi connectivity index (χ1v) is 7.26. The second-order valence-electron chi connectivity index (χ2n) is 4.24. The number of rotatable bonds is 4. The first-order valence-electron chi connectivity index (χ1n) is 5.71. The van der Waals surface area contributed by atoms with Crippen molar-refractivity contribution in [3.63, 3.8) is 0 Å². The van der Waals surface area contributed by atoms with Gasteiger partial charge in [0.05, 0.1) is 6.54 Å². The standard InChI is InChI=1S/C11H15N3O4S/c1-8(13-19(12,16)17)9-2-4-10(5-3-9)14-6-7-18-11(14)15/h2-5,8,13H,6-7H2,1H3,(H2,12,16,17)/t8-/m0/s1. The van der Waals surface area contributed by atoms with Crippen LogP contribution in [0.2, 0.25) is 0 Å². The molecule has 8 heteroatoms. The lowest BCUT2D eigenvalue weighted by Crippen LogP contribution is -2.33. The average molecular weight is 285 g/mol. The summed E-state index contributed by atoms with van der Waals surface area (Å²) in [5.74, 6) is 0. The van der Waals surface area contributed by atoms with Crippen molar-refractivity contribution in [2.45, 2.75) is 13.0 Å². The van der Waals surface area contributed by atoms with E-state index in [2.05, 4.69) is 4.72 Å². The molecule has 104 valence electrons. The minimum Gasteiger partial charge on any atom is -0.447 e. The first-order chi connectivity index (χ1) is 8.87. The molecular formula is C11H15N3O4S. The van der Waals surface area contributed by atoms with Crippen LogP contribution in [0.25, 0.3) is 0 Å². The number of nitrogens with two attached hydrogens (primary N) is 1. The smallest absolute Gasteiger partial charge is 0.414 e. The summed E-state index contributed by atoms with van der Waals surface area (Å²) < 4.78 is 29.0. The van der Waals surface area contributed by atoms with Crippen LogP contribution in [0.1, 0.15) is 18.5 Å². The van der Waals surface area contributed by atoms with E-state index in [1.807, 2.05) is 0 Å². The molecule has 1 heterocycles. The van der Waals surface area contributed by atoms with E-state index in [1.165, 1.54) is 4.90 Å². The molecule has 1 atom stereocenters. The molecule has 1 aliphatic heterocycles. The van der Waals surface area contributed by atoms with Crippen LogP contribution in [0.5, 0.6) is 0 Å². The number of carbonyl (C=O) groups excluding carboxylic acids is 1. The van der Waals surface area contributed by atoms with Crippen molar-refractivity contribution in [2.24, 2.45) is 5.14 Å². The minimum absolute atomic E-state index is 0.372. The Bertz CT molecular complexity index is 570. The number of cyclic esters (lactones) is 1. The van der Waals surface area contributed by atoms with Crippen molar-refractivity contribution >= 4 is 22.0 Å². The van der Waals surface area contributed by atoms with Gasteiger partial charge < -0.3 is 4.74 Å². The molecule has 0 aromatic heterocycles. The van der Waals surface area contributed by atoms with Crippen LogP contribution in [-0.2, 0) is 14.9 Å². The van der Waals surface area contributed by atoms with E-state index >= 15 is 0 Å². The molecule has 0 spiro atoms. The Kier molecular flexibility index (Phi) is 3.74. The van der Waals surface area contributed by atoms with E-state index in [-0.39, 0.29) is 6.09 Å². The SMILES string of the molecule is C[C@H](NS(N)(=O)=O)c1ccc(N2CCOC2=O)cc1. The summed E-state index contributed by atoms with van der Waals surface area (Å²) in [5, 5.41) is 4.91. The number of carbonyl (C=O) groups is 1. The lowest BCUT2D eigenvalue weighted by Gasteiger charge is -2.16. The Labute approximate surface area is 111 Å². The van der Waals surface area contributed by atoms with Crippen molar-refractivity contribution in [1.82, 2.24) is 4.72 Å². The maximum absolute atomic E-state index is 11.4. The third-order valence-electron chi connectivity index (χ3n) is 2.81. The van der Waals surface area contributed by atoms with Crippen LogP contribution < -0.4 is 14.8 Å². The van der Waals surface area contributed by atoms with Gasteiger partial charge in [-0.25, -0.2) is 9.93 Å². The third kappa shape index (κ3) is 3.43. The molecule has 0 aliphatic carbocycles. The largest absolute Gasteiger partial charge is 0.447 e. The van der Waals surface area contributed by atoms with Gasteiger partial charge in [-0.1, -0.05) is 12.1 Å². The lowest BCUT2D eigenvalue weighted by atomic mass is 10.1. The molecular weight excluding hydrogens is 270 g/mol. The van der Waals surface area contributed by atoms with Gasteiger partial charge in [0.15, 0.2) is 0 Å². The maximum Gasteiger partial charge on any atom is 0.414 e. The van der Waals surface area contributed by atoms with E-state index in [0.717, 1.165) is 5.56 Å². The highest BCUT2D eigenvalue weighted by Crippen LogP contribution is 2.21. The normalized spacial score (nSPS) is 17.4. The van der Waals surface area contributed by atoms with Crippen LogP contribution in [0.15, 0.2) is 24.3 Å². The average Bonchev–Trinajstić information content (AvgIpc) is 2.73. The fourth-order valence-electron chi connectivity index (χ4n) is 1.89. The Morgan fingerprint density at radius 2 is 2.00 bits per heavy atom. The molecule has 1 fully saturated rings. The number of nitrogens with one attached hydrogen (secondary N) is 1. The summed E-state index contributed by atoms with van der Waals surface area (Å²) >= 11 is 0. The van der Waals surface area contributed by atoms with Crippen molar-refractivity contribution in [1.29, 1.82) is 0 Å². The molecule has 7 nitrogen and oxygen atoms in total. The Morgan fingerprint density at radius 1 is 1.37 bits per heavy atom. The van der Waals surface area contributed by atoms with E-state index in [9.17, 15) is 13.2 Å². The molecule has 1 saturated heterocycles. The van der Waals surface area contributed by atoms with Gasteiger partial charge in [-0.3, -0.25) is 4.90 Å². The second-order valence-corrected chi connectivity index (χ2v) is 5.57. The quantitative estimate of drug-likeness (QED) is 0.840. The fraction of sp³-hybridized carbons (Fsp3) is 0.364. The van der Waals surface area contributed by atoms with Crippen molar-refractivity contribution < 1.29 is 17.9 Å². The van der Waals surface area contributed by atoms with E-state index < -0.39 is 16.3 Å². The molecule has 0 unspecified atom stereocenters. The van der Waals surface area contributed by atoms with Crippen LogP contribution >= 0.6 is 0 Å². The molecule has 1 amide bonds. The number of benzene rings is 1. The number of hydrogen-bond acceptors (Lipinski definition) is 4. The Balaban J connectivity index is 2.12. The van der Waals surface area contributed by atoms with Crippen LogP contribution in [0, 0.1) is 0 Å². The summed E-state index contributed by atoms with van der Waals surface area (Å²) in [6.45, 7) is 2.58. The predicted octanol–water partition coefficient (Wildman–Crippen LogP) is 0.497. The van der Waals surface area contributed by atoms with Gasteiger partial charge in [-0.15, -0.1) is 0 Å². The Morgan fingerprint density at radius 3 is 2.47 bits per heavy atom. The number of amides is 1. The molecule has 2 rings (SSSR count). The molecule has 1 aromatic rings. The van der Waals surface area contributed by atoms with Crippen molar-refractivity contribution in [2.75, 3.05) is 18.1 Å². The summed E-state index contributed by atoms with van der Waals surface area (Å²) in [4.78, 5) is 12.9. The zero-order valence-corrected chi connectivity index (χ0v) is 11.2. The number of nitrogens with zero attached hydrogens (tertiary/aromatic N) is 1. The summed E-state index contributed by atoms with van der Waals surface area (Å²) in [7, 11) is -3.74. The van der Waals surface area contributed by atoms with E-state index in [4.69, 9.17) is 9.88 Å². The molecule has 0 bridgehead atoms. The van der Waals surface area contributed by atoms with Crippen molar-refractivity contribution in [3.8, 4) is 0 Å². The molecule has 0 saturated carbocycles. The van der Waals surface area contributed by atoms with Gasteiger partial charge in [0, 0.05) is 11.7 Å². The fourth-order valence-corrected chi connectivity index (χ4v) is 2.51. The lowest BCUT2D eigenvalue weighted by molar-refractivity contribution is 0.181. The van der Waals surface area contributed by atoms with Crippen LogP contribution in [-0.4, -0.2) is 27.7 Å². The Hall–Kier alpha value is -1.64. The molecule has 1 aliphatic rings. The molecule has 3 N–H and O–H groups in total. The van der Waals surface area contributed by atoms with E-state index in [1.54, 1.807) is 31.2 Å². The first kappa shape index (κ1) is 13.8. The highest BCUT2D eigenvalue weighted by atomic mass is 32.2. The highest BCUT2D eigenvalue weighted by molar-refractivity contribution is 7.87. The van der Waals surface area contributed by atoms with Gasteiger partial charge in [0.25, 0.3) is 10.2 Å². The van der Waals surface area contributed by atoms with Gasteiger partial charge in [-0.05, 0) is 24.6 Å². The van der Waals surface area contributed by atoms with Gasteiger partial charge >= 0.3 is 6.09 Å². The topological polar surface area (TPSA) is 102 Å².